The molecule has 0 bridgehead atoms. The van der Waals surface area contributed by atoms with Crippen molar-refractivity contribution in [1.29, 1.82) is 0 Å². The number of nitrogens with one attached hydrogen (secondary N) is 2. The predicted molar refractivity (Wildman–Crippen MR) is 82.3 cm³/mol. The third-order valence-electron chi connectivity index (χ3n) is 3.09. The van der Waals surface area contributed by atoms with E-state index in [-0.39, 0.29) is 0 Å². The number of benzene rings is 2. The normalized spacial score (nSPS) is 11.2. The van der Waals surface area contributed by atoms with E-state index in [2.05, 4.69) is 58.9 Å². The van der Waals surface area contributed by atoms with Crippen LogP contribution in [-0.4, -0.2) is 11.5 Å². The monoisotopic (exact) mass is 248 g/mol. The number of hydrogen-bond acceptors (Lipinski definition) is 1. The second kappa shape index (κ2) is 5.44. The molecule has 0 saturated heterocycles. The number of rotatable bonds is 4. The molecule has 1 heterocycles. The molecule has 2 aromatic carbocycles. The quantitative estimate of drug-likeness (QED) is 0.708. The van der Waals surface area contributed by atoms with Crippen LogP contribution in [-0.2, 0) is 0 Å². The lowest BCUT2D eigenvalue weighted by atomic mass is 10.2. The van der Waals surface area contributed by atoms with E-state index in [9.17, 15) is 0 Å². The first kappa shape index (κ1) is 11.6. The molecule has 2 nitrogen and oxygen atoms in total. The van der Waals surface area contributed by atoms with E-state index in [1.165, 1.54) is 10.9 Å². The molecule has 3 aromatic rings. The summed E-state index contributed by atoms with van der Waals surface area (Å²) in [6.45, 7) is 0.821. The maximum atomic E-state index is 3.39. The minimum absolute atomic E-state index is 0.821. The van der Waals surface area contributed by atoms with Gasteiger partial charge in [0.2, 0.25) is 0 Å². The van der Waals surface area contributed by atoms with Gasteiger partial charge in [-0.15, -0.1) is 0 Å². The first-order chi connectivity index (χ1) is 9.42. The molecule has 0 aliphatic rings. The van der Waals surface area contributed by atoms with Gasteiger partial charge >= 0.3 is 0 Å². The SMILES string of the molecule is C(=C\c1ccccc1)/CNc1ccc2cc[nH]c2c1. The van der Waals surface area contributed by atoms with E-state index in [4.69, 9.17) is 0 Å². The Morgan fingerprint density at radius 2 is 1.89 bits per heavy atom. The Morgan fingerprint density at radius 3 is 2.79 bits per heavy atom. The molecule has 0 aliphatic carbocycles. The fourth-order valence-electron chi connectivity index (χ4n) is 2.09. The van der Waals surface area contributed by atoms with Crippen LogP contribution in [0.1, 0.15) is 5.56 Å². The molecule has 0 spiro atoms. The van der Waals surface area contributed by atoms with Crippen LogP contribution in [0.3, 0.4) is 0 Å². The summed E-state index contributed by atoms with van der Waals surface area (Å²) in [4.78, 5) is 3.22. The molecule has 0 radical (unpaired) electrons. The average Bonchev–Trinajstić information content (AvgIpc) is 2.92. The van der Waals surface area contributed by atoms with Crippen LogP contribution in [0.25, 0.3) is 17.0 Å². The van der Waals surface area contributed by atoms with Crippen molar-refractivity contribution in [2.75, 3.05) is 11.9 Å². The van der Waals surface area contributed by atoms with Crippen molar-refractivity contribution < 1.29 is 0 Å². The van der Waals surface area contributed by atoms with Crippen LogP contribution in [0, 0.1) is 0 Å². The third-order valence-corrected chi connectivity index (χ3v) is 3.09. The largest absolute Gasteiger partial charge is 0.382 e. The summed E-state index contributed by atoms with van der Waals surface area (Å²) in [5.74, 6) is 0. The summed E-state index contributed by atoms with van der Waals surface area (Å²) in [5, 5.41) is 4.63. The summed E-state index contributed by atoms with van der Waals surface area (Å²) in [5.41, 5.74) is 3.52. The molecule has 0 aliphatic heterocycles. The van der Waals surface area contributed by atoms with Gasteiger partial charge < -0.3 is 10.3 Å². The lowest BCUT2D eigenvalue weighted by Crippen LogP contribution is -1.97. The first-order valence-corrected chi connectivity index (χ1v) is 6.44. The highest BCUT2D eigenvalue weighted by Gasteiger charge is 1.95. The van der Waals surface area contributed by atoms with Crippen LogP contribution in [0.4, 0.5) is 5.69 Å². The molecule has 0 atom stereocenters. The van der Waals surface area contributed by atoms with Gasteiger partial charge in [-0.25, -0.2) is 0 Å². The van der Waals surface area contributed by atoms with Crippen LogP contribution >= 0.6 is 0 Å². The molecule has 0 saturated carbocycles. The number of fused-ring (bicyclic) bond motifs is 1. The van der Waals surface area contributed by atoms with Crippen molar-refractivity contribution in [3.05, 3.63) is 72.4 Å². The Hall–Kier alpha value is -2.48. The molecule has 2 N–H and O–H groups in total. The predicted octanol–water partition coefficient (Wildman–Crippen LogP) is 4.29. The van der Waals surface area contributed by atoms with Crippen LogP contribution < -0.4 is 5.32 Å². The van der Waals surface area contributed by atoms with E-state index in [1.807, 2.05) is 24.4 Å². The minimum atomic E-state index is 0.821. The molecule has 94 valence electrons. The molecule has 19 heavy (non-hydrogen) atoms. The van der Waals surface area contributed by atoms with Crippen LogP contribution in [0.2, 0.25) is 0 Å². The Labute approximate surface area is 112 Å². The Bertz CT molecular complexity index is 681. The molecule has 0 fully saturated rings. The summed E-state index contributed by atoms with van der Waals surface area (Å²) in [6, 6.07) is 18.8. The maximum Gasteiger partial charge on any atom is 0.0474 e. The summed E-state index contributed by atoms with van der Waals surface area (Å²) in [7, 11) is 0. The average molecular weight is 248 g/mol. The van der Waals surface area contributed by atoms with Crippen LogP contribution in [0.5, 0.6) is 0 Å². The van der Waals surface area contributed by atoms with Crippen molar-refractivity contribution >= 4 is 22.7 Å². The first-order valence-electron chi connectivity index (χ1n) is 6.44. The van der Waals surface area contributed by atoms with Gasteiger partial charge in [-0.3, -0.25) is 0 Å². The van der Waals surface area contributed by atoms with Crippen molar-refractivity contribution in [3.8, 4) is 0 Å². The second-order valence-electron chi connectivity index (χ2n) is 4.47. The maximum absolute atomic E-state index is 3.39. The number of aromatic amines is 1. The molecule has 3 rings (SSSR count). The van der Waals surface area contributed by atoms with Gasteiger partial charge in [-0.05, 0) is 29.1 Å². The smallest absolute Gasteiger partial charge is 0.0474 e. The number of hydrogen-bond donors (Lipinski definition) is 2. The molecular formula is C17H16N2. The minimum Gasteiger partial charge on any atom is -0.382 e. The molecule has 1 aromatic heterocycles. The van der Waals surface area contributed by atoms with E-state index >= 15 is 0 Å². The number of anilines is 1. The van der Waals surface area contributed by atoms with Gasteiger partial charge in [-0.2, -0.15) is 0 Å². The van der Waals surface area contributed by atoms with Crippen LogP contribution in [0.15, 0.2) is 66.9 Å². The third kappa shape index (κ3) is 2.86. The Kier molecular flexibility index (Phi) is 3.32. The Balaban J connectivity index is 1.61. The van der Waals surface area contributed by atoms with Crippen molar-refractivity contribution in [2.45, 2.75) is 0 Å². The van der Waals surface area contributed by atoms with Crippen molar-refractivity contribution in [2.24, 2.45) is 0 Å². The molecule has 0 unspecified atom stereocenters. The number of aromatic nitrogens is 1. The Morgan fingerprint density at radius 1 is 1.00 bits per heavy atom. The highest BCUT2D eigenvalue weighted by atomic mass is 14.9. The van der Waals surface area contributed by atoms with E-state index in [0.29, 0.717) is 0 Å². The fraction of sp³-hybridized carbons (Fsp3) is 0.0588. The summed E-state index contributed by atoms with van der Waals surface area (Å²) in [6.07, 6.45) is 6.22. The van der Waals surface area contributed by atoms with Gasteiger partial charge in [0.1, 0.15) is 0 Å². The van der Waals surface area contributed by atoms with E-state index < -0.39 is 0 Å². The highest BCUT2D eigenvalue weighted by Crippen LogP contribution is 2.17. The summed E-state index contributed by atoms with van der Waals surface area (Å²) >= 11 is 0. The van der Waals surface area contributed by atoms with E-state index in [0.717, 1.165) is 17.7 Å². The topological polar surface area (TPSA) is 27.8 Å². The lowest BCUT2D eigenvalue weighted by molar-refractivity contribution is 1.34. The highest BCUT2D eigenvalue weighted by molar-refractivity contribution is 5.82. The molecule has 0 amide bonds. The molecule has 2 heteroatoms. The lowest BCUT2D eigenvalue weighted by Gasteiger charge is -2.03. The standard InChI is InChI=1S/C17H16N2/c1-2-5-14(6-3-1)7-4-11-18-16-9-8-15-10-12-19-17(15)13-16/h1-10,12-13,18-19H,11H2/b7-4+. The second-order valence-corrected chi connectivity index (χ2v) is 4.47. The van der Waals surface area contributed by atoms with Gasteiger partial charge in [0, 0.05) is 23.9 Å². The van der Waals surface area contributed by atoms with Crippen molar-refractivity contribution in [3.63, 3.8) is 0 Å². The van der Waals surface area contributed by atoms with Gasteiger partial charge in [-0.1, -0.05) is 48.6 Å². The number of H-pyrrole nitrogens is 1. The van der Waals surface area contributed by atoms with Crippen molar-refractivity contribution in [1.82, 2.24) is 4.98 Å². The molecular weight excluding hydrogens is 232 g/mol. The van der Waals surface area contributed by atoms with Gasteiger partial charge in [0.15, 0.2) is 0 Å². The zero-order chi connectivity index (χ0) is 12.9. The van der Waals surface area contributed by atoms with Gasteiger partial charge in [0.05, 0.1) is 0 Å². The zero-order valence-corrected chi connectivity index (χ0v) is 10.6. The van der Waals surface area contributed by atoms with Gasteiger partial charge in [0.25, 0.3) is 0 Å². The zero-order valence-electron chi connectivity index (χ0n) is 10.6. The van der Waals surface area contributed by atoms with E-state index in [1.54, 1.807) is 0 Å². The fourth-order valence-corrected chi connectivity index (χ4v) is 2.09. The summed E-state index contributed by atoms with van der Waals surface area (Å²) < 4.78 is 0.